The Kier molecular flexibility index (Phi) is 3.56. The second-order valence-corrected chi connectivity index (χ2v) is 6.13. The van der Waals surface area contributed by atoms with Gasteiger partial charge in [0.1, 0.15) is 0 Å². The summed E-state index contributed by atoms with van der Waals surface area (Å²) in [4.78, 5) is 0. The first-order valence-corrected chi connectivity index (χ1v) is 6.29. The molecule has 16 heavy (non-hydrogen) atoms. The Bertz CT molecular complexity index is 350. The molecule has 1 aliphatic rings. The monoisotopic (exact) mass is 261 g/mol. The van der Waals surface area contributed by atoms with E-state index < -0.39 is 21.1 Å². The zero-order valence-electron chi connectivity index (χ0n) is 8.79. The van der Waals surface area contributed by atoms with Crippen molar-refractivity contribution in [3.8, 4) is 0 Å². The molecule has 0 spiro atoms. The Morgan fingerprint density at radius 3 is 2.31 bits per heavy atom. The third-order valence-electron chi connectivity index (χ3n) is 2.66. The van der Waals surface area contributed by atoms with Crippen molar-refractivity contribution in [2.45, 2.75) is 37.3 Å². The maximum atomic E-state index is 12.3. The topological polar surface area (TPSA) is 57.6 Å². The molecule has 0 bridgehead atoms. The van der Waals surface area contributed by atoms with Crippen LogP contribution in [0.5, 0.6) is 0 Å². The highest BCUT2D eigenvalue weighted by Crippen LogP contribution is 2.30. The van der Waals surface area contributed by atoms with E-state index in [1.54, 1.807) is 0 Å². The minimum absolute atomic E-state index is 0.0162. The lowest BCUT2D eigenvalue weighted by Crippen LogP contribution is -2.41. The van der Waals surface area contributed by atoms with Gasteiger partial charge in [0.25, 0.3) is 0 Å². The zero-order valence-corrected chi connectivity index (χ0v) is 9.61. The van der Waals surface area contributed by atoms with Crippen LogP contribution < -0.4 is 0 Å². The van der Waals surface area contributed by atoms with Crippen molar-refractivity contribution in [3.05, 3.63) is 0 Å². The summed E-state index contributed by atoms with van der Waals surface area (Å²) in [5, 5.41) is 9.64. The van der Waals surface area contributed by atoms with Gasteiger partial charge in [0, 0.05) is 13.1 Å². The van der Waals surface area contributed by atoms with Crippen LogP contribution in [0.3, 0.4) is 0 Å². The van der Waals surface area contributed by atoms with E-state index >= 15 is 0 Å². The molecule has 1 rings (SSSR count). The Hall–Kier alpha value is -0.340. The smallest absolute Gasteiger partial charge is 0.390 e. The summed E-state index contributed by atoms with van der Waals surface area (Å²) in [6.45, 7) is 1.00. The van der Waals surface area contributed by atoms with Gasteiger partial charge in [0.15, 0.2) is 0 Å². The number of hydrogen-bond acceptors (Lipinski definition) is 3. The van der Waals surface area contributed by atoms with Crippen LogP contribution in [-0.2, 0) is 10.0 Å². The molecule has 0 aromatic carbocycles. The van der Waals surface area contributed by atoms with Crippen molar-refractivity contribution in [3.63, 3.8) is 0 Å². The summed E-state index contributed by atoms with van der Waals surface area (Å²) in [6, 6.07) is 0. The summed E-state index contributed by atoms with van der Waals surface area (Å²) < 4.78 is 59.3. The van der Waals surface area contributed by atoms with Crippen molar-refractivity contribution in [2.24, 2.45) is 0 Å². The predicted molar refractivity (Wildman–Crippen MR) is 51.0 cm³/mol. The van der Waals surface area contributed by atoms with Gasteiger partial charge in [-0.25, -0.2) is 8.42 Å². The zero-order chi connectivity index (χ0) is 12.6. The van der Waals surface area contributed by atoms with Gasteiger partial charge in [-0.3, -0.25) is 0 Å². The Labute approximate surface area is 92.1 Å². The molecule has 1 heterocycles. The van der Waals surface area contributed by atoms with Gasteiger partial charge >= 0.3 is 15.5 Å². The molecule has 1 unspecified atom stereocenters. The molecule has 1 aliphatic heterocycles. The molecule has 0 saturated carbocycles. The molecule has 1 saturated heterocycles. The average molecular weight is 261 g/mol. The van der Waals surface area contributed by atoms with Gasteiger partial charge in [-0.05, 0) is 26.2 Å². The predicted octanol–water partition coefficient (Wildman–Crippen LogP) is 1.07. The van der Waals surface area contributed by atoms with E-state index in [-0.39, 0.29) is 25.9 Å². The van der Waals surface area contributed by atoms with Gasteiger partial charge in [-0.15, -0.1) is 0 Å². The molecule has 0 amide bonds. The Morgan fingerprint density at radius 2 is 1.81 bits per heavy atom. The molecule has 96 valence electrons. The third-order valence-corrected chi connectivity index (χ3v) is 4.29. The third kappa shape index (κ3) is 2.86. The Morgan fingerprint density at radius 1 is 1.25 bits per heavy atom. The van der Waals surface area contributed by atoms with E-state index in [4.69, 9.17) is 0 Å². The van der Waals surface area contributed by atoms with E-state index in [2.05, 4.69) is 0 Å². The molecule has 4 nitrogen and oxygen atoms in total. The van der Waals surface area contributed by atoms with Crippen LogP contribution in [0.4, 0.5) is 13.2 Å². The van der Waals surface area contributed by atoms with Crippen LogP contribution in [0.1, 0.15) is 26.2 Å². The minimum atomic E-state index is -5.26. The van der Waals surface area contributed by atoms with Crippen molar-refractivity contribution in [1.82, 2.24) is 4.31 Å². The summed E-state index contributed by atoms with van der Waals surface area (Å²) in [6.07, 6.45) is 0.543. The first kappa shape index (κ1) is 13.7. The molecule has 1 N–H and O–H groups in total. The van der Waals surface area contributed by atoms with Crippen molar-refractivity contribution in [1.29, 1.82) is 0 Å². The quantitative estimate of drug-likeness (QED) is 0.768. The largest absolute Gasteiger partial charge is 0.511 e. The molecule has 0 aliphatic carbocycles. The minimum Gasteiger partial charge on any atom is -0.390 e. The van der Waals surface area contributed by atoms with Crippen LogP contribution in [0.2, 0.25) is 0 Å². The lowest BCUT2D eigenvalue weighted by molar-refractivity contribution is -0.0490. The first-order chi connectivity index (χ1) is 7.06. The molecule has 1 atom stereocenters. The number of nitrogens with zero attached hydrogens (tertiary/aromatic N) is 1. The summed E-state index contributed by atoms with van der Waals surface area (Å²) in [5.41, 5.74) is -6.35. The molecular weight excluding hydrogens is 247 g/mol. The van der Waals surface area contributed by atoms with E-state index in [1.165, 1.54) is 6.92 Å². The number of alkyl halides is 3. The SMILES string of the molecule is CC1(O)CCCN(S(=O)(=O)C(F)(F)F)CC1. The second kappa shape index (κ2) is 4.15. The summed E-state index contributed by atoms with van der Waals surface area (Å²) in [5.74, 6) is 0. The van der Waals surface area contributed by atoms with E-state index in [9.17, 15) is 26.7 Å². The van der Waals surface area contributed by atoms with Gasteiger partial charge < -0.3 is 5.11 Å². The molecule has 0 aromatic rings. The summed E-state index contributed by atoms with van der Waals surface area (Å²) in [7, 11) is -5.25. The van der Waals surface area contributed by atoms with E-state index in [0.717, 1.165) is 0 Å². The van der Waals surface area contributed by atoms with Crippen LogP contribution in [0, 0.1) is 0 Å². The number of rotatable bonds is 1. The lowest BCUT2D eigenvalue weighted by atomic mass is 9.98. The number of halogens is 3. The van der Waals surface area contributed by atoms with Gasteiger partial charge in [-0.2, -0.15) is 17.5 Å². The number of hydrogen-bond donors (Lipinski definition) is 1. The maximum absolute atomic E-state index is 12.3. The maximum Gasteiger partial charge on any atom is 0.511 e. The standard InChI is InChI=1S/C8H14F3NO3S/c1-7(13)3-2-5-12(6-4-7)16(14,15)8(9,10)11/h13H,2-6H2,1H3. The molecular formula is C8H14F3NO3S. The first-order valence-electron chi connectivity index (χ1n) is 4.85. The number of aliphatic hydroxyl groups is 1. The molecule has 0 aromatic heterocycles. The van der Waals surface area contributed by atoms with Crippen LogP contribution in [-0.4, -0.2) is 42.0 Å². The van der Waals surface area contributed by atoms with Crippen molar-refractivity contribution in [2.75, 3.05) is 13.1 Å². The van der Waals surface area contributed by atoms with Crippen molar-refractivity contribution >= 4 is 10.0 Å². The molecule has 0 radical (unpaired) electrons. The number of sulfonamides is 1. The lowest BCUT2D eigenvalue weighted by Gasteiger charge is -2.22. The van der Waals surface area contributed by atoms with Crippen LogP contribution in [0.15, 0.2) is 0 Å². The fourth-order valence-corrected chi connectivity index (χ4v) is 2.62. The van der Waals surface area contributed by atoms with E-state index in [1.807, 2.05) is 0 Å². The highest BCUT2D eigenvalue weighted by Gasteiger charge is 2.50. The van der Waals surface area contributed by atoms with Gasteiger partial charge in [0.05, 0.1) is 5.60 Å². The van der Waals surface area contributed by atoms with Crippen LogP contribution >= 0.6 is 0 Å². The van der Waals surface area contributed by atoms with Gasteiger partial charge in [-0.1, -0.05) is 0 Å². The van der Waals surface area contributed by atoms with Gasteiger partial charge in [0.2, 0.25) is 0 Å². The second-order valence-electron chi connectivity index (χ2n) is 4.20. The van der Waals surface area contributed by atoms with Crippen LogP contribution in [0.25, 0.3) is 0 Å². The Balaban J connectivity index is 2.84. The highest BCUT2D eigenvalue weighted by atomic mass is 32.2. The molecule has 1 fully saturated rings. The average Bonchev–Trinajstić information content (AvgIpc) is 2.24. The molecule has 8 heteroatoms. The van der Waals surface area contributed by atoms with E-state index in [0.29, 0.717) is 10.7 Å². The highest BCUT2D eigenvalue weighted by molar-refractivity contribution is 7.90. The fraction of sp³-hybridized carbons (Fsp3) is 1.00. The normalized spacial score (nSPS) is 30.1. The fourth-order valence-electron chi connectivity index (χ4n) is 1.63. The summed E-state index contributed by atoms with van der Waals surface area (Å²) >= 11 is 0. The van der Waals surface area contributed by atoms with Crippen molar-refractivity contribution < 1.29 is 26.7 Å².